The molecule has 0 bridgehead atoms. The fourth-order valence-electron chi connectivity index (χ4n) is 3.70. The Bertz CT molecular complexity index is 644. The van der Waals surface area contributed by atoms with Gasteiger partial charge in [0.25, 0.3) is 0 Å². The summed E-state index contributed by atoms with van der Waals surface area (Å²) in [6.45, 7) is 13.4. The number of nitrogens with one attached hydrogen (secondary N) is 2. The van der Waals surface area contributed by atoms with Crippen molar-refractivity contribution in [3.05, 3.63) is 11.6 Å². The number of ether oxygens (including phenoxy) is 1. The number of aryl methyl sites for hydroxylation is 1. The molecule has 0 saturated carbocycles. The predicted octanol–water partition coefficient (Wildman–Crippen LogP) is 1.69. The number of hydrogen-bond donors (Lipinski definition) is 3. The van der Waals surface area contributed by atoms with E-state index in [0.29, 0.717) is 6.54 Å². The van der Waals surface area contributed by atoms with Crippen LogP contribution in [0.2, 0.25) is 0 Å². The Morgan fingerprint density at radius 3 is 2.48 bits per heavy atom. The zero-order valence-corrected chi connectivity index (χ0v) is 22.0. The second kappa shape index (κ2) is 15.0. The summed E-state index contributed by atoms with van der Waals surface area (Å²) in [7, 11) is 1.96. The number of hydrogen-bond acceptors (Lipinski definition) is 6. The number of guanidine groups is 1. The molecule has 2 rings (SSSR count). The summed E-state index contributed by atoms with van der Waals surface area (Å²) >= 11 is 0. The number of aliphatic hydroxyl groups is 1. The lowest BCUT2D eigenvalue weighted by molar-refractivity contribution is 0.0376. The zero-order chi connectivity index (χ0) is 21.8. The van der Waals surface area contributed by atoms with E-state index in [1.165, 1.54) is 0 Å². The van der Waals surface area contributed by atoms with Crippen LogP contribution in [-0.4, -0.2) is 83.3 Å². The van der Waals surface area contributed by atoms with Crippen LogP contribution in [0, 0.1) is 12.3 Å². The molecule has 0 unspecified atom stereocenters. The Labute approximate surface area is 204 Å². The first-order valence-electron chi connectivity index (χ1n) is 11.3. The molecule has 0 radical (unpaired) electrons. The third-order valence-electron chi connectivity index (χ3n) is 6.38. The second-order valence-electron chi connectivity index (χ2n) is 8.16. The molecule has 1 aliphatic heterocycles. The van der Waals surface area contributed by atoms with Crippen molar-refractivity contribution in [2.24, 2.45) is 17.5 Å². The molecule has 1 fully saturated rings. The monoisotopic (exact) mass is 551 g/mol. The maximum atomic E-state index is 9.51. The number of aliphatic hydroxyl groups excluding tert-OH is 1. The highest BCUT2D eigenvalue weighted by atomic mass is 127. The molecule has 180 valence electrons. The summed E-state index contributed by atoms with van der Waals surface area (Å²) in [5.41, 5.74) is 0.0758. The largest absolute Gasteiger partial charge is 0.396 e. The average Bonchev–Trinajstić information content (AvgIpc) is 3.10. The first kappa shape index (κ1) is 28.1. The Morgan fingerprint density at radius 1 is 1.19 bits per heavy atom. The zero-order valence-electron chi connectivity index (χ0n) is 19.7. The van der Waals surface area contributed by atoms with Gasteiger partial charge in [0.2, 0.25) is 0 Å². The maximum Gasteiger partial charge on any atom is 0.191 e. The fraction of sp³-hybridized carbons (Fsp3) is 0.857. The van der Waals surface area contributed by atoms with Crippen LogP contribution in [0.1, 0.15) is 51.2 Å². The molecule has 1 aliphatic rings. The molecule has 0 spiro atoms. The molecular weight excluding hydrogens is 509 g/mol. The number of aromatic nitrogens is 3. The van der Waals surface area contributed by atoms with Crippen molar-refractivity contribution in [3.8, 4) is 0 Å². The maximum absolute atomic E-state index is 9.51. The van der Waals surface area contributed by atoms with Crippen LogP contribution >= 0.6 is 24.0 Å². The number of aliphatic imine (C=N–C) groups is 1. The summed E-state index contributed by atoms with van der Waals surface area (Å²) in [4.78, 5) is 7.20. The predicted molar refractivity (Wildman–Crippen MR) is 135 cm³/mol. The standard InChI is InChI=1S/C21H41N7O2.HI/c1-5-21(6-2,8-13-29)17-24-20(23-16-19-26-25-18(3)27(19)4)22-9-7-10-28-11-14-30-15-12-28;/h29H,5-17H2,1-4H3,(H2,22,23,24);1H. The normalized spacial score (nSPS) is 15.6. The molecule has 0 aromatic carbocycles. The van der Waals surface area contributed by atoms with Crippen molar-refractivity contribution in [2.45, 2.75) is 53.0 Å². The summed E-state index contributed by atoms with van der Waals surface area (Å²) in [6.07, 6.45) is 3.88. The number of morpholine rings is 1. The molecule has 0 atom stereocenters. The van der Waals surface area contributed by atoms with Crippen LogP contribution in [0.15, 0.2) is 4.99 Å². The minimum absolute atomic E-state index is 0. The highest BCUT2D eigenvalue weighted by Crippen LogP contribution is 2.29. The summed E-state index contributed by atoms with van der Waals surface area (Å²) in [5.74, 6) is 2.52. The second-order valence-corrected chi connectivity index (χ2v) is 8.16. The molecule has 31 heavy (non-hydrogen) atoms. The summed E-state index contributed by atoms with van der Waals surface area (Å²) < 4.78 is 7.38. The minimum atomic E-state index is 0. The minimum Gasteiger partial charge on any atom is -0.396 e. The average molecular weight is 552 g/mol. The summed E-state index contributed by atoms with van der Waals surface area (Å²) in [5, 5.41) is 24.8. The van der Waals surface area contributed by atoms with E-state index in [4.69, 9.17) is 9.73 Å². The first-order chi connectivity index (χ1) is 14.5. The third-order valence-corrected chi connectivity index (χ3v) is 6.38. The Balaban J connectivity index is 0.00000480. The molecule has 10 heteroatoms. The van der Waals surface area contributed by atoms with E-state index in [-0.39, 0.29) is 36.0 Å². The van der Waals surface area contributed by atoms with Crippen LogP contribution in [0.4, 0.5) is 0 Å². The first-order valence-corrected chi connectivity index (χ1v) is 11.3. The van der Waals surface area contributed by atoms with Gasteiger partial charge in [-0.2, -0.15) is 0 Å². The molecule has 3 N–H and O–H groups in total. The van der Waals surface area contributed by atoms with Gasteiger partial charge < -0.3 is 25.0 Å². The Kier molecular flexibility index (Phi) is 13.5. The third kappa shape index (κ3) is 9.19. The van der Waals surface area contributed by atoms with Crippen LogP contribution in [-0.2, 0) is 18.3 Å². The Hall–Kier alpha value is -0.980. The van der Waals surface area contributed by atoms with Gasteiger partial charge in [0.15, 0.2) is 11.8 Å². The van der Waals surface area contributed by atoms with Gasteiger partial charge in [-0.3, -0.25) is 4.90 Å². The molecule has 2 heterocycles. The molecule has 9 nitrogen and oxygen atoms in total. The Morgan fingerprint density at radius 2 is 1.90 bits per heavy atom. The van der Waals surface area contributed by atoms with Crippen molar-refractivity contribution in [3.63, 3.8) is 0 Å². The number of nitrogens with zero attached hydrogens (tertiary/aromatic N) is 5. The van der Waals surface area contributed by atoms with Crippen LogP contribution in [0.5, 0.6) is 0 Å². The van der Waals surface area contributed by atoms with E-state index in [9.17, 15) is 5.11 Å². The van der Waals surface area contributed by atoms with Gasteiger partial charge in [-0.25, -0.2) is 4.99 Å². The molecular formula is C21H42IN7O2. The molecule has 1 aromatic heterocycles. The van der Waals surface area contributed by atoms with Crippen molar-refractivity contribution in [1.29, 1.82) is 0 Å². The van der Waals surface area contributed by atoms with Crippen molar-refractivity contribution < 1.29 is 9.84 Å². The van der Waals surface area contributed by atoms with Crippen molar-refractivity contribution in [1.82, 2.24) is 30.3 Å². The molecule has 0 aliphatic carbocycles. The van der Waals surface area contributed by atoms with E-state index >= 15 is 0 Å². The lowest BCUT2D eigenvalue weighted by atomic mass is 9.79. The molecule has 1 saturated heterocycles. The SMILES string of the molecule is CCC(CC)(CCO)CNC(=NCc1nnc(C)n1C)NCCCN1CCOCC1.I. The number of rotatable bonds is 12. The van der Waals surface area contributed by atoms with E-state index < -0.39 is 0 Å². The highest BCUT2D eigenvalue weighted by Gasteiger charge is 2.25. The van der Waals surface area contributed by atoms with Crippen LogP contribution < -0.4 is 10.6 Å². The lowest BCUT2D eigenvalue weighted by Crippen LogP contribution is -2.45. The van der Waals surface area contributed by atoms with Gasteiger partial charge in [-0.05, 0) is 44.6 Å². The van der Waals surface area contributed by atoms with Gasteiger partial charge in [0.05, 0.1) is 13.2 Å². The van der Waals surface area contributed by atoms with Gasteiger partial charge in [0, 0.05) is 39.8 Å². The van der Waals surface area contributed by atoms with Crippen molar-refractivity contribution in [2.75, 3.05) is 52.5 Å². The molecule has 0 amide bonds. The van der Waals surface area contributed by atoms with E-state index in [1.807, 2.05) is 18.5 Å². The lowest BCUT2D eigenvalue weighted by Gasteiger charge is -2.32. The van der Waals surface area contributed by atoms with E-state index in [0.717, 1.165) is 89.2 Å². The van der Waals surface area contributed by atoms with Gasteiger partial charge in [-0.1, -0.05) is 13.8 Å². The van der Waals surface area contributed by atoms with Gasteiger partial charge in [0.1, 0.15) is 12.4 Å². The topological polar surface area (TPSA) is 99.8 Å². The molecule has 1 aromatic rings. The quantitative estimate of drug-likeness (QED) is 0.157. The van der Waals surface area contributed by atoms with Crippen LogP contribution in [0.3, 0.4) is 0 Å². The van der Waals surface area contributed by atoms with Crippen LogP contribution in [0.25, 0.3) is 0 Å². The number of halogens is 1. The summed E-state index contributed by atoms with van der Waals surface area (Å²) in [6, 6.07) is 0. The van der Waals surface area contributed by atoms with Crippen molar-refractivity contribution >= 4 is 29.9 Å². The smallest absolute Gasteiger partial charge is 0.191 e. The highest BCUT2D eigenvalue weighted by molar-refractivity contribution is 14.0. The van der Waals surface area contributed by atoms with E-state index in [1.54, 1.807) is 0 Å². The van der Waals surface area contributed by atoms with E-state index in [2.05, 4.69) is 39.6 Å². The van der Waals surface area contributed by atoms with Gasteiger partial charge >= 0.3 is 0 Å². The van der Waals surface area contributed by atoms with Gasteiger partial charge in [-0.15, -0.1) is 34.2 Å². The fourth-order valence-corrected chi connectivity index (χ4v) is 3.70.